The minimum absolute atomic E-state index is 0.151. The molecule has 2 aromatic rings. The minimum atomic E-state index is -1.50. The average Bonchev–Trinajstić information content (AvgIpc) is 3.18. The Morgan fingerprint density at radius 3 is 2.31 bits per heavy atom. The highest BCUT2D eigenvalue weighted by Gasteiger charge is 2.49. The Labute approximate surface area is 177 Å². The topological polar surface area (TPSA) is 98.7 Å². The first-order chi connectivity index (χ1) is 13.9. The molecular weight excluding hydrogens is 412 g/mol. The van der Waals surface area contributed by atoms with E-state index in [9.17, 15) is 19.8 Å². The summed E-state index contributed by atoms with van der Waals surface area (Å²) in [6.45, 7) is 0. The molecule has 1 aromatic heterocycles. The molecule has 3 saturated carbocycles. The summed E-state index contributed by atoms with van der Waals surface area (Å²) in [7, 11) is 0. The highest BCUT2D eigenvalue weighted by atomic mass is 35.5. The molecule has 3 fully saturated rings. The average molecular weight is 435 g/mol. The summed E-state index contributed by atoms with van der Waals surface area (Å²) >= 11 is 7.14. The van der Waals surface area contributed by atoms with E-state index in [1.807, 2.05) is 0 Å². The number of aliphatic hydroxyl groups is 2. The summed E-state index contributed by atoms with van der Waals surface area (Å²) in [6.07, 6.45) is 2.23. The molecule has 2 amide bonds. The number of anilines is 2. The molecule has 4 N–H and O–H groups in total. The van der Waals surface area contributed by atoms with Gasteiger partial charge in [-0.2, -0.15) is 0 Å². The van der Waals surface area contributed by atoms with Gasteiger partial charge in [0.25, 0.3) is 5.91 Å². The van der Waals surface area contributed by atoms with Crippen LogP contribution in [0.1, 0.15) is 36.0 Å². The predicted octanol–water partition coefficient (Wildman–Crippen LogP) is 3.96. The van der Waals surface area contributed by atoms with Crippen LogP contribution in [-0.2, 0) is 4.79 Å². The van der Waals surface area contributed by atoms with E-state index < -0.39 is 18.1 Å². The number of rotatable bonds is 5. The van der Waals surface area contributed by atoms with E-state index in [4.69, 9.17) is 11.6 Å². The highest BCUT2D eigenvalue weighted by molar-refractivity contribution is 7.14. The van der Waals surface area contributed by atoms with Crippen molar-refractivity contribution in [3.63, 3.8) is 0 Å². The number of carbonyl (C=O) groups excluding carboxylic acids is 2. The quantitative estimate of drug-likeness (QED) is 0.535. The first-order valence-electron chi connectivity index (χ1n) is 9.75. The largest absolute Gasteiger partial charge is 0.368 e. The smallest absolute Gasteiger partial charge is 0.258 e. The van der Waals surface area contributed by atoms with Gasteiger partial charge in [-0.25, -0.2) is 0 Å². The van der Waals surface area contributed by atoms with E-state index in [0.717, 1.165) is 25.7 Å². The number of halogens is 1. The zero-order valence-corrected chi connectivity index (χ0v) is 17.2. The SMILES string of the molecule is O=C(Nc1ccc(Cl)cc1)c1ccsc1NC(=O)C1C2CCC(CC2)C1C(O)O. The number of carbonyl (C=O) groups is 2. The summed E-state index contributed by atoms with van der Waals surface area (Å²) < 4.78 is 0. The van der Waals surface area contributed by atoms with Gasteiger partial charge in [0.05, 0.1) is 5.56 Å². The summed E-state index contributed by atoms with van der Waals surface area (Å²) in [5.41, 5.74) is 0.983. The van der Waals surface area contributed by atoms with Gasteiger partial charge in [-0.1, -0.05) is 11.6 Å². The number of aliphatic hydroxyl groups excluding tert-OH is 1. The van der Waals surface area contributed by atoms with Crippen LogP contribution in [0.4, 0.5) is 10.7 Å². The van der Waals surface area contributed by atoms with Crippen LogP contribution in [-0.4, -0.2) is 28.3 Å². The fraction of sp³-hybridized carbons (Fsp3) is 0.429. The number of hydrogen-bond acceptors (Lipinski definition) is 5. The van der Waals surface area contributed by atoms with Crippen LogP contribution in [0.2, 0.25) is 5.02 Å². The van der Waals surface area contributed by atoms with Gasteiger partial charge in [0.2, 0.25) is 5.91 Å². The van der Waals surface area contributed by atoms with Crippen molar-refractivity contribution in [3.8, 4) is 0 Å². The lowest BCUT2D eigenvalue weighted by Gasteiger charge is -2.48. The van der Waals surface area contributed by atoms with Crippen LogP contribution >= 0.6 is 22.9 Å². The van der Waals surface area contributed by atoms with Crippen LogP contribution in [0.25, 0.3) is 0 Å². The molecule has 0 spiro atoms. The van der Waals surface area contributed by atoms with Crippen LogP contribution < -0.4 is 10.6 Å². The Hall–Kier alpha value is -1.93. The fourth-order valence-electron chi connectivity index (χ4n) is 4.83. The lowest BCUT2D eigenvalue weighted by atomic mass is 9.58. The second-order valence-electron chi connectivity index (χ2n) is 7.81. The summed E-state index contributed by atoms with van der Waals surface area (Å²) in [4.78, 5) is 25.7. The third-order valence-corrected chi connectivity index (χ3v) is 7.26. The second kappa shape index (κ2) is 8.44. The molecule has 5 rings (SSSR count). The van der Waals surface area contributed by atoms with Crippen molar-refractivity contribution in [2.24, 2.45) is 23.7 Å². The predicted molar refractivity (Wildman–Crippen MR) is 113 cm³/mol. The van der Waals surface area contributed by atoms with E-state index >= 15 is 0 Å². The van der Waals surface area contributed by atoms with Crippen LogP contribution in [0.5, 0.6) is 0 Å². The number of nitrogens with one attached hydrogen (secondary N) is 2. The summed E-state index contributed by atoms with van der Waals surface area (Å²) in [5, 5.41) is 28.2. The molecule has 6 nitrogen and oxygen atoms in total. The molecule has 1 heterocycles. The summed E-state index contributed by atoms with van der Waals surface area (Å²) in [5.74, 6) is -1.15. The van der Waals surface area contributed by atoms with Crippen molar-refractivity contribution in [1.29, 1.82) is 0 Å². The third kappa shape index (κ3) is 4.19. The van der Waals surface area contributed by atoms with E-state index in [0.29, 0.717) is 21.3 Å². The Bertz CT molecular complexity index is 890. The lowest BCUT2D eigenvalue weighted by molar-refractivity contribution is -0.165. The van der Waals surface area contributed by atoms with Crippen molar-refractivity contribution >= 4 is 45.4 Å². The zero-order chi connectivity index (χ0) is 20.5. The highest BCUT2D eigenvalue weighted by Crippen LogP contribution is 2.50. The molecule has 0 aliphatic heterocycles. The molecule has 0 saturated heterocycles. The minimum Gasteiger partial charge on any atom is -0.368 e. The van der Waals surface area contributed by atoms with Gasteiger partial charge < -0.3 is 20.8 Å². The molecule has 29 heavy (non-hydrogen) atoms. The van der Waals surface area contributed by atoms with Gasteiger partial charge >= 0.3 is 0 Å². The molecule has 0 radical (unpaired) electrons. The van der Waals surface area contributed by atoms with Crippen LogP contribution in [0, 0.1) is 23.7 Å². The first-order valence-corrected chi connectivity index (χ1v) is 11.0. The maximum atomic E-state index is 13.1. The van der Waals surface area contributed by atoms with Crippen molar-refractivity contribution in [2.45, 2.75) is 32.0 Å². The Morgan fingerprint density at radius 1 is 1.00 bits per heavy atom. The molecule has 154 valence electrons. The first kappa shape index (κ1) is 20.3. The monoisotopic (exact) mass is 434 g/mol. The molecule has 2 atom stereocenters. The van der Waals surface area contributed by atoms with Crippen molar-refractivity contribution < 1.29 is 19.8 Å². The molecule has 3 aliphatic rings. The molecule has 8 heteroatoms. The normalized spacial score (nSPS) is 25.8. The van der Waals surface area contributed by atoms with E-state index in [-0.39, 0.29) is 23.7 Å². The van der Waals surface area contributed by atoms with Gasteiger partial charge in [0, 0.05) is 22.5 Å². The van der Waals surface area contributed by atoms with Crippen LogP contribution in [0.3, 0.4) is 0 Å². The van der Waals surface area contributed by atoms with Gasteiger partial charge in [-0.15, -0.1) is 11.3 Å². The van der Waals surface area contributed by atoms with Gasteiger partial charge in [0.1, 0.15) is 5.00 Å². The van der Waals surface area contributed by atoms with E-state index in [2.05, 4.69) is 10.6 Å². The van der Waals surface area contributed by atoms with E-state index in [1.165, 1.54) is 11.3 Å². The van der Waals surface area contributed by atoms with Gasteiger partial charge in [0.15, 0.2) is 6.29 Å². The Balaban J connectivity index is 1.49. The maximum Gasteiger partial charge on any atom is 0.258 e. The number of benzene rings is 1. The molecule has 3 aliphatic carbocycles. The standard InChI is InChI=1S/C21H23ClN2O4S/c22-13-5-7-14(8-6-13)23-18(25)15-9-10-29-20(15)24-19(26)16-11-1-3-12(4-2-11)17(16)21(27)28/h5-12,16-17,21,27-28H,1-4H2,(H,23,25)(H,24,26). The second-order valence-corrected chi connectivity index (χ2v) is 9.16. The zero-order valence-electron chi connectivity index (χ0n) is 15.7. The molecule has 2 unspecified atom stereocenters. The third-order valence-electron chi connectivity index (χ3n) is 6.18. The molecular formula is C21H23ClN2O4S. The van der Waals surface area contributed by atoms with Gasteiger partial charge in [-0.3, -0.25) is 9.59 Å². The van der Waals surface area contributed by atoms with Gasteiger partial charge in [-0.05, 0) is 73.2 Å². The molecule has 2 bridgehead atoms. The number of hydrogen-bond donors (Lipinski definition) is 4. The van der Waals surface area contributed by atoms with Crippen molar-refractivity contribution in [1.82, 2.24) is 0 Å². The van der Waals surface area contributed by atoms with Crippen molar-refractivity contribution in [2.75, 3.05) is 10.6 Å². The number of thiophene rings is 1. The van der Waals surface area contributed by atoms with Crippen molar-refractivity contribution in [3.05, 3.63) is 46.3 Å². The fourth-order valence-corrected chi connectivity index (χ4v) is 5.74. The number of fused-ring (bicyclic) bond motifs is 3. The Morgan fingerprint density at radius 2 is 1.66 bits per heavy atom. The number of amides is 2. The lowest BCUT2D eigenvalue weighted by Crippen LogP contribution is -2.50. The summed E-state index contributed by atoms with van der Waals surface area (Å²) in [6, 6.07) is 8.45. The van der Waals surface area contributed by atoms with Crippen LogP contribution in [0.15, 0.2) is 35.7 Å². The maximum absolute atomic E-state index is 13.1. The molecule has 1 aromatic carbocycles. The van der Waals surface area contributed by atoms with E-state index in [1.54, 1.807) is 35.7 Å². The Kier molecular flexibility index (Phi) is 5.92.